The number of halogens is 1. The molecular formula is C10H10BrN3O4. The lowest BCUT2D eigenvalue weighted by molar-refractivity contribution is 0.0691. The van der Waals surface area contributed by atoms with Crippen LogP contribution in [0, 0.1) is 0 Å². The van der Waals surface area contributed by atoms with Crippen molar-refractivity contribution in [2.24, 2.45) is 0 Å². The van der Waals surface area contributed by atoms with Gasteiger partial charge in [0, 0.05) is 19.5 Å². The van der Waals surface area contributed by atoms with Crippen LogP contribution in [0.15, 0.2) is 17.0 Å². The minimum absolute atomic E-state index is 0.0634. The van der Waals surface area contributed by atoms with Crippen molar-refractivity contribution in [1.82, 2.24) is 14.4 Å². The van der Waals surface area contributed by atoms with Crippen molar-refractivity contribution in [1.29, 1.82) is 0 Å². The summed E-state index contributed by atoms with van der Waals surface area (Å²) in [4.78, 5) is 18.9. The fourth-order valence-corrected chi connectivity index (χ4v) is 1.74. The summed E-state index contributed by atoms with van der Waals surface area (Å²) in [7, 11) is 1.56. The van der Waals surface area contributed by atoms with Gasteiger partial charge in [-0.25, -0.2) is 14.8 Å². The van der Waals surface area contributed by atoms with Gasteiger partial charge in [0.1, 0.15) is 11.2 Å². The van der Waals surface area contributed by atoms with Crippen LogP contribution >= 0.6 is 15.9 Å². The van der Waals surface area contributed by atoms with Crippen LogP contribution in [-0.4, -0.2) is 45.8 Å². The zero-order chi connectivity index (χ0) is 13.1. The highest BCUT2D eigenvalue weighted by Gasteiger charge is 2.14. The van der Waals surface area contributed by atoms with E-state index in [-0.39, 0.29) is 11.6 Å². The third-order valence-corrected chi connectivity index (χ3v) is 2.50. The Hall–Kier alpha value is -1.67. The first-order valence-corrected chi connectivity index (χ1v) is 5.81. The SMILES string of the molecule is COCCOc1nc(Br)cn2cc(C(=O)O)nc12. The Labute approximate surface area is 110 Å². The number of rotatable bonds is 5. The van der Waals surface area contributed by atoms with Gasteiger partial charge in [0.2, 0.25) is 5.65 Å². The van der Waals surface area contributed by atoms with Crippen LogP contribution in [-0.2, 0) is 4.74 Å². The van der Waals surface area contributed by atoms with E-state index in [1.807, 2.05) is 0 Å². The first-order valence-electron chi connectivity index (χ1n) is 5.02. The molecule has 96 valence electrons. The molecule has 0 radical (unpaired) electrons. The van der Waals surface area contributed by atoms with Gasteiger partial charge in [-0.1, -0.05) is 0 Å². The van der Waals surface area contributed by atoms with Crippen molar-refractivity contribution in [2.75, 3.05) is 20.3 Å². The summed E-state index contributed by atoms with van der Waals surface area (Å²) in [5.74, 6) is -0.841. The zero-order valence-electron chi connectivity index (χ0n) is 9.46. The molecule has 0 bridgehead atoms. The van der Waals surface area contributed by atoms with Gasteiger partial charge in [-0.15, -0.1) is 0 Å². The number of imidazole rings is 1. The molecule has 0 saturated carbocycles. The molecule has 0 saturated heterocycles. The predicted molar refractivity (Wildman–Crippen MR) is 65.0 cm³/mol. The van der Waals surface area contributed by atoms with Gasteiger partial charge in [0.15, 0.2) is 5.69 Å². The molecule has 0 aliphatic carbocycles. The van der Waals surface area contributed by atoms with E-state index in [1.54, 1.807) is 17.7 Å². The molecule has 8 heteroatoms. The van der Waals surface area contributed by atoms with Crippen LogP contribution in [0.5, 0.6) is 5.88 Å². The van der Waals surface area contributed by atoms with Crippen LogP contribution in [0.2, 0.25) is 0 Å². The molecule has 2 aromatic rings. The number of hydrogen-bond donors (Lipinski definition) is 1. The summed E-state index contributed by atoms with van der Waals surface area (Å²) in [5.41, 5.74) is 0.290. The van der Waals surface area contributed by atoms with E-state index in [9.17, 15) is 4.79 Å². The molecule has 0 atom stereocenters. The number of ether oxygens (including phenoxy) is 2. The minimum atomic E-state index is -1.10. The van der Waals surface area contributed by atoms with Gasteiger partial charge in [-0.2, -0.15) is 0 Å². The normalized spacial score (nSPS) is 10.8. The second-order valence-electron chi connectivity index (χ2n) is 3.37. The Bertz CT molecular complexity index is 584. The first-order chi connectivity index (χ1) is 8.61. The van der Waals surface area contributed by atoms with E-state index < -0.39 is 5.97 Å². The van der Waals surface area contributed by atoms with Crippen molar-refractivity contribution < 1.29 is 19.4 Å². The van der Waals surface area contributed by atoms with E-state index in [2.05, 4.69) is 25.9 Å². The van der Waals surface area contributed by atoms with Gasteiger partial charge in [0.25, 0.3) is 5.88 Å². The van der Waals surface area contributed by atoms with Crippen LogP contribution < -0.4 is 4.74 Å². The molecule has 2 rings (SSSR count). The van der Waals surface area contributed by atoms with E-state index in [1.165, 1.54) is 6.20 Å². The molecular weight excluding hydrogens is 306 g/mol. The number of carbonyl (C=O) groups is 1. The Morgan fingerprint density at radius 2 is 2.22 bits per heavy atom. The summed E-state index contributed by atoms with van der Waals surface area (Å²) in [6.45, 7) is 0.720. The number of aromatic nitrogens is 3. The van der Waals surface area contributed by atoms with Gasteiger partial charge in [0.05, 0.1) is 6.61 Å². The molecule has 0 spiro atoms. The molecule has 1 N–H and O–H groups in total. The second kappa shape index (κ2) is 5.32. The summed E-state index contributed by atoms with van der Waals surface area (Å²) in [6.07, 6.45) is 3.01. The average Bonchev–Trinajstić information content (AvgIpc) is 2.73. The summed E-state index contributed by atoms with van der Waals surface area (Å²) < 4.78 is 12.3. The highest BCUT2D eigenvalue weighted by Crippen LogP contribution is 2.20. The van der Waals surface area contributed by atoms with E-state index >= 15 is 0 Å². The van der Waals surface area contributed by atoms with Crippen molar-refractivity contribution in [2.45, 2.75) is 0 Å². The number of hydrogen-bond acceptors (Lipinski definition) is 5. The largest absolute Gasteiger partial charge is 0.476 e. The number of nitrogens with zero attached hydrogens (tertiary/aromatic N) is 3. The zero-order valence-corrected chi connectivity index (χ0v) is 11.0. The second-order valence-corrected chi connectivity index (χ2v) is 4.18. The maximum atomic E-state index is 10.9. The van der Waals surface area contributed by atoms with Gasteiger partial charge in [-0.05, 0) is 15.9 Å². The molecule has 0 aliphatic rings. The Morgan fingerprint density at radius 1 is 1.44 bits per heavy atom. The highest BCUT2D eigenvalue weighted by atomic mass is 79.9. The number of fused-ring (bicyclic) bond motifs is 1. The van der Waals surface area contributed by atoms with Gasteiger partial charge in [-0.3, -0.25) is 4.40 Å². The monoisotopic (exact) mass is 315 g/mol. The maximum Gasteiger partial charge on any atom is 0.356 e. The average molecular weight is 316 g/mol. The number of carboxylic acid groups (broad SMARTS) is 1. The first kappa shape index (κ1) is 12.8. The van der Waals surface area contributed by atoms with Crippen LogP contribution in [0.4, 0.5) is 0 Å². The van der Waals surface area contributed by atoms with Crippen molar-refractivity contribution in [3.8, 4) is 5.88 Å². The topological polar surface area (TPSA) is 86.0 Å². The fourth-order valence-electron chi connectivity index (χ4n) is 1.36. The molecule has 0 fully saturated rings. The molecule has 7 nitrogen and oxygen atoms in total. The van der Waals surface area contributed by atoms with Crippen LogP contribution in [0.3, 0.4) is 0 Å². The van der Waals surface area contributed by atoms with E-state index in [0.717, 1.165) is 0 Å². The minimum Gasteiger partial charge on any atom is -0.476 e. The predicted octanol–water partition coefficient (Wildman–Crippen LogP) is 1.22. The third kappa shape index (κ3) is 2.59. The molecule has 0 aliphatic heterocycles. The Kier molecular flexibility index (Phi) is 3.78. The van der Waals surface area contributed by atoms with Gasteiger partial charge >= 0.3 is 5.97 Å². The highest BCUT2D eigenvalue weighted by molar-refractivity contribution is 9.10. The lowest BCUT2D eigenvalue weighted by atomic mass is 10.5. The summed E-state index contributed by atoms with van der Waals surface area (Å²) >= 11 is 3.22. The molecule has 0 aromatic carbocycles. The lowest BCUT2D eigenvalue weighted by Gasteiger charge is -2.05. The molecule has 2 heterocycles. The molecule has 2 aromatic heterocycles. The van der Waals surface area contributed by atoms with E-state index in [0.29, 0.717) is 23.5 Å². The van der Waals surface area contributed by atoms with Crippen LogP contribution in [0.1, 0.15) is 10.5 Å². The molecule has 0 amide bonds. The summed E-state index contributed by atoms with van der Waals surface area (Å²) in [6, 6.07) is 0. The van der Waals surface area contributed by atoms with Gasteiger partial charge < -0.3 is 14.6 Å². The van der Waals surface area contributed by atoms with E-state index in [4.69, 9.17) is 14.6 Å². The standard InChI is InChI=1S/C10H10BrN3O4/c1-17-2-3-18-9-8-12-6(10(15)16)4-14(8)5-7(11)13-9/h4-5H,2-3H2,1H3,(H,15,16). The molecule has 0 unspecified atom stereocenters. The third-order valence-electron chi connectivity index (χ3n) is 2.12. The number of aromatic carboxylic acids is 1. The Balaban J connectivity index is 2.40. The quantitative estimate of drug-likeness (QED) is 0.835. The fraction of sp³-hybridized carbons (Fsp3) is 0.300. The van der Waals surface area contributed by atoms with Crippen LogP contribution in [0.25, 0.3) is 5.65 Å². The number of carboxylic acids is 1. The lowest BCUT2D eigenvalue weighted by Crippen LogP contribution is -2.07. The van der Waals surface area contributed by atoms with Crippen molar-refractivity contribution in [3.63, 3.8) is 0 Å². The van der Waals surface area contributed by atoms with Crippen molar-refractivity contribution >= 4 is 27.5 Å². The smallest absolute Gasteiger partial charge is 0.356 e. The Morgan fingerprint density at radius 3 is 2.89 bits per heavy atom. The summed E-state index contributed by atoms with van der Waals surface area (Å²) in [5, 5.41) is 8.89. The molecule has 18 heavy (non-hydrogen) atoms. The maximum absolute atomic E-state index is 10.9. The van der Waals surface area contributed by atoms with Crippen molar-refractivity contribution in [3.05, 3.63) is 22.7 Å². The number of methoxy groups -OCH3 is 1.